The second-order valence-corrected chi connectivity index (χ2v) is 3.52. The molecule has 0 amide bonds. The minimum atomic E-state index is -0.629. The number of nitrogens with two attached hydrogens (primary N) is 1. The predicted octanol–water partition coefficient (Wildman–Crippen LogP) is 2.38. The Bertz CT molecular complexity index is 291. The average Bonchev–Trinajstić information content (AvgIpc) is 2.10. The van der Waals surface area contributed by atoms with Crippen LogP contribution < -0.4 is 5.73 Å². The number of halogens is 2. The number of aliphatic hydroxyl groups excluding tert-OH is 1. The highest BCUT2D eigenvalue weighted by Crippen LogP contribution is 2.30. The van der Waals surface area contributed by atoms with Crippen molar-refractivity contribution in [2.75, 3.05) is 6.54 Å². The van der Waals surface area contributed by atoms with E-state index in [-0.39, 0.29) is 0 Å². The standard InChI is InChI=1S/C9H11Cl2NO/c10-7-3-1-2-6(9(7)11)8(13)4-5-12/h1-3,8,13H,4-5,12H2/t8-/m0/s1. The van der Waals surface area contributed by atoms with Crippen molar-refractivity contribution in [2.45, 2.75) is 12.5 Å². The molecule has 2 nitrogen and oxygen atoms in total. The predicted molar refractivity (Wildman–Crippen MR) is 55.1 cm³/mol. The topological polar surface area (TPSA) is 46.2 Å². The van der Waals surface area contributed by atoms with Crippen molar-refractivity contribution in [1.82, 2.24) is 0 Å². The van der Waals surface area contributed by atoms with Gasteiger partial charge in [0.15, 0.2) is 0 Å². The van der Waals surface area contributed by atoms with Gasteiger partial charge < -0.3 is 10.8 Å². The lowest BCUT2D eigenvalue weighted by atomic mass is 10.1. The number of rotatable bonds is 3. The maximum Gasteiger partial charge on any atom is 0.0817 e. The smallest absolute Gasteiger partial charge is 0.0817 e. The monoisotopic (exact) mass is 219 g/mol. The molecule has 1 aromatic rings. The largest absolute Gasteiger partial charge is 0.388 e. The van der Waals surface area contributed by atoms with Crippen molar-refractivity contribution in [1.29, 1.82) is 0 Å². The zero-order valence-electron chi connectivity index (χ0n) is 7.00. The number of benzene rings is 1. The molecule has 4 heteroatoms. The first kappa shape index (κ1) is 10.8. The van der Waals surface area contributed by atoms with E-state index in [1.807, 2.05) is 0 Å². The van der Waals surface area contributed by atoms with E-state index in [9.17, 15) is 5.11 Å². The van der Waals surface area contributed by atoms with Crippen molar-refractivity contribution in [2.24, 2.45) is 5.73 Å². The molecule has 72 valence electrons. The lowest BCUT2D eigenvalue weighted by Gasteiger charge is -2.11. The van der Waals surface area contributed by atoms with Gasteiger partial charge in [0, 0.05) is 5.56 Å². The van der Waals surface area contributed by atoms with Gasteiger partial charge >= 0.3 is 0 Å². The quantitative estimate of drug-likeness (QED) is 0.821. The normalized spacial score (nSPS) is 12.9. The third-order valence-corrected chi connectivity index (χ3v) is 2.61. The number of hydrogen-bond donors (Lipinski definition) is 2. The summed E-state index contributed by atoms with van der Waals surface area (Å²) >= 11 is 11.7. The first-order valence-corrected chi connectivity index (χ1v) is 4.74. The zero-order chi connectivity index (χ0) is 9.84. The first-order valence-electron chi connectivity index (χ1n) is 3.99. The Kier molecular flexibility index (Phi) is 4.00. The van der Waals surface area contributed by atoms with Crippen LogP contribution in [0.25, 0.3) is 0 Å². The van der Waals surface area contributed by atoms with E-state index in [4.69, 9.17) is 28.9 Å². The molecule has 13 heavy (non-hydrogen) atoms. The maximum atomic E-state index is 9.60. The summed E-state index contributed by atoms with van der Waals surface area (Å²) in [4.78, 5) is 0. The Morgan fingerprint density at radius 1 is 1.38 bits per heavy atom. The molecule has 1 rings (SSSR count). The molecule has 0 aliphatic rings. The van der Waals surface area contributed by atoms with Gasteiger partial charge in [0.25, 0.3) is 0 Å². The van der Waals surface area contributed by atoms with Crippen LogP contribution in [0.5, 0.6) is 0 Å². The minimum Gasteiger partial charge on any atom is -0.388 e. The van der Waals surface area contributed by atoms with Gasteiger partial charge in [-0.05, 0) is 19.0 Å². The summed E-state index contributed by atoms with van der Waals surface area (Å²) in [6, 6.07) is 5.18. The van der Waals surface area contributed by atoms with Crippen LogP contribution in [0.4, 0.5) is 0 Å². The third-order valence-electron chi connectivity index (χ3n) is 1.78. The SMILES string of the molecule is NCC[C@H](O)c1cccc(Cl)c1Cl. The number of aliphatic hydroxyl groups is 1. The molecule has 0 bridgehead atoms. The summed E-state index contributed by atoms with van der Waals surface area (Å²) in [5.74, 6) is 0. The molecule has 0 saturated carbocycles. The molecule has 3 N–H and O–H groups in total. The van der Waals surface area contributed by atoms with Crippen molar-refractivity contribution in [3.63, 3.8) is 0 Å². The van der Waals surface area contributed by atoms with E-state index in [0.29, 0.717) is 28.6 Å². The van der Waals surface area contributed by atoms with Crippen LogP contribution in [0.2, 0.25) is 10.0 Å². The second-order valence-electron chi connectivity index (χ2n) is 2.74. The second kappa shape index (κ2) is 4.82. The fourth-order valence-corrected chi connectivity index (χ4v) is 1.52. The van der Waals surface area contributed by atoms with Crippen molar-refractivity contribution in [3.05, 3.63) is 33.8 Å². The Morgan fingerprint density at radius 3 is 2.69 bits per heavy atom. The summed E-state index contributed by atoms with van der Waals surface area (Å²) in [7, 11) is 0. The van der Waals surface area contributed by atoms with Crippen LogP contribution in [-0.4, -0.2) is 11.7 Å². The van der Waals surface area contributed by atoms with E-state index >= 15 is 0 Å². The number of hydrogen-bond acceptors (Lipinski definition) is 2. The van der Waals surface area contributed by atoms with Crippen molar-refractivity contribution >= 4 is 23.2 Å². The van der Waals surface area contributed by atoms with E-state index in [2.05, 4.69) is 0 Å². The van der Waals surface area contributed by atoms with Gasteiger partial charge in [0.2, 0.25) is 0 Å². The molecule has 0 aromatic heterocycles. The molecule has 0 heterocycles. The lowest BCUT2D eigenvalue weighted by Crippen LogP contribution is -2.07. The molecular weight excluding hydrogens is 209 g/mol. The van der Waals surface area contributed by atoms with Gasteiger partial charge in [-0.3, -0.25) is 0 Å². The highest BCUT2D eigenvalue weighted by molar-refractivity contribution is 6.42. The zero-order valence-corrected chi connectivity index (χ0v) is 8.52. The van der Waals surface area contributed by atoms with Crippen LogP contribution in [0, 0.1) is 0 Å². The summed E-state index contributed by atoms with van der Waals surface area (Å²) < 4.78 is 0. The molecule has 1 atom stereocenters. The average molecular weight is 220 g/mol. The fraction of sp³-hybridized carbons (Fsp3) is 0.333. The van der Waals surface area contributed by atoms with Crippen LogP contribution in [-0.2, 0) is 0 Å². The van der Waals surface area contributed by atoms with E-state index in [1.54, 1.807) is 18.2 Å². The summed E-state index contributed by atoms with van der Waals surface area (Å²) in [5.41, 5.74) is 5.96. The van der Waals surface area contributed by atoms with Crippen LogP contribution in [0.3, 0.4) is 0 Å². The fourth-order valence-electron chi connectivity index (χ4n) is 1.09. The first-order chi connectivity index (χ1) is 6.16. The van der Waals surface area contributed by atoms with Crippen LogP contribution in [0.15, 0.2) is 18.2 Å². The molecular formula is C9H11Cl2NO. The highest BCUT2D eigenvalue weighted by atomic mass is 35.5. The highest BCUT2D eigenvalue weighted by Gasteiger charge is 2.12. The lowest BCUT2D eigenvalue weighted by molar-refractivity contribution is 0.170. The third kappa shape index (κ3) is 2.58. The molecule has 0 saturated heterocycles. The molecule has 0 fully saturated rings. The van der Waals surface area contributed by atoms with E-state index in [1.165, 1.54) is 0 Å². The Hall–Kier alpha value is -0.280. The van der Waals surface area contributed by atoms with Gasteiger partial charge in [-0.2, -0.15) is 0 Å². The summed E-state index contributed by atoms with van der Waals surface area (Å²) in [6.07, 6.45) is -0.142. The van der Waals surface area contributed by atoms with Gasteiger partial charge in [-0.15, -0.1) is 0 Å². The van der Waals surface area contributed by atoms with E-state index in [0.717, 1.165) is 0 Å². The molecule has 0 radical (unpaired) electrons. The maximum absolute atomic E-state index is 9.60. The summed E-state index contributed by atoms with van der Waals surface area (Å²) in [6.45, 7) is 0.421. The van der Waals surface area contributed by atoms with Gasteiger partial charge in [-0.25, -0.2) is 0 Å². The van der Waals surface area contributed by atoms with Crippen LogP contribution >= 0.6 is 23.2 Å². The molecule has 0 spiro atoms. The molecule has 1 aromatic carbocycles. The van der Waals surface area contributed by atoms with Crippen molar-refractivity contribution in [3.8, 4) is 0 Å². The van der Waals surface area contributed by atoms with E-state index < -0.39 is 6.10 Å². The Morgan fingerprint density at radius 2 is 2.08 bits per heavy atom. The van der Waals surface area contributed by atoms with Gasteiger partial charge in [0.05, 0.1) is 16.1 Å². The minimum absolute atomic E-state index is 0.408. The Balaban J connectivity index is 2.93. The summed E-state index contributed by atoms with van der Waals surface area (Å²) in [5, 5.41) is 10.5. The Labute approximate surface area is 87.3 Å². The van der Waals surface area contributed by atoms with Gasteiger partial charge in [0.1, 0.15) is 0 Å². The molecule has 0 aliphatic carbocycles. The van der Waals surface area contributed by atoms with Crippen LogP contribution in [0.1, 0.15) is 18.1 Å². The molecule has 0 unspecified atom stereocenters. The molecule has 0 aliphatic heterocycles. The van der Waals surface area contributed by atoms with Crippen molar-refractivity contribution < 1.29 is 5.11 Å². The van der Waals surface area contributed by atoms with Gasteiger partial charge in [-0.1, -0.05) is 35.3 Å².